The van der Waals surface area contributed by atoms with E-state index in [0.717, 1.165) is 19.3 Å². The molecule has 86 valence electrons. The van der Waals surface area contributed by atoms with Crippen molar-refractivity contribution in [3.8, 4) is 0 Å². The highest BCUT2D eigenvalue weighted by Gasteiger charge is 2.03. The van der Waals surface area contributed by atoms with Gasteiger partial charge in [-0.05, 0) is 25.3 Å². The molecule has 1 rings (SSSR count). The van der Waals surface area contributed by atoms with Crippen LogP contribution in [-0.4, -0.2) is 11.2 Å². The van der Waals surface area contributed by atoms with Crippen molar-refractivity contribution in [2.75, 3.05) is 0 Å². The summed E-state index contributed by atoms with van der Waals surface area (Å²) in [5.41, 5.74) is 2.50. The second kappa shape index (κ2) is 8.49. The first-order chi connectivity index (χ1) is 7.22. The molecule has 1 N–H and O–H groups in total. The fraction of sp³-hybridized carbons (Fsp3) is 0.571. The van der Waals surface area contributed by atoms with Crippen LogP contribution in [0, 0.1) is 6.92 Å². The van der Waals surface area contributed by atoms with Crippen molar-refractivity contribution in [1.82, 2.24) is 0 Å². The van der Waals surface area contributed by atoms with E-state index in [1.54, 1.807) is 0 Å². The van der Waals surface area contributed by atoms with Crippen molar-refractivity contribution in [1.29, 1.82) is 0 Å². The minimum Gasteiger partial charge on any atom is -0.393 e. The molecule has 1 nitrogen and oxygen atoms in total. The molecule has 0 fully saturated rings. The van der Waals surface area contributed by atoms with E-state index in [4.69, 9.17) is 0 Å². The largest absolute Gasteiger partial charge is 0.393 e. The lowest BCUT2D eigenvalue weighted by Gasteiger charge is -2.09. The zero-order valence-electron chi connectivity index (χ0n) is 10.5. The van der Waals surface area contributed by atoms with E-state index in [9.17, 15) is 5.11 Å². The van der Waals surface area contributed by atoms with E-state index in [1.807, 2.05) is 19.9 Å². The Morgan fingerprint density at radius 1 is 1.27 bits per heavy atom. The van der Waals surface area contributed by atoms with Crippen LogP contribution in [0.15, 0.2) is 24.3 Å². The van der Waals surface area contributed by atoms with Crippen LogP contribution in [0.3, 0.4) is 0 Å². The maximum atomic E-state index is 9.59. The molecule has 1 heteroatoms. The van der Waals surface area contributed by atoms with Gasteiger partial charge in [-0.2, -0.15) is 0 Å². The van der Waals surface area contributed by atoms with E-state index in [-0.39, 0.29) is 6.10 Å². The zero-order valence-corrected chi connectivity index (χ0v) is 10.5. The summed E-state index contributed by atoms with van der Waals surface area (Å²) in [7, 11) is 0. The number of rotatable bonds is 4. The fourth-order valence-corrected chi connectivity index (χ4v) is 1.55. The van der Waals surface area contributed by atoms with Gasteiger partial charge in [-0.1, -0.05) is 57.0 Å². The fourth-order valence-electron chi connectivity index (χ4n) is 1.55. The lowest BCUT2D eigenvalue weighted by atomic mass is 10.0. The van der Waals surface area contributed by atoms with Crippen LogP contribution in [0.4, 0.5) is 0 Å². The van der Waals surface area contributed by atoms with Gasteiger partial charge in [0.2, 0.25) is 0 Å². The van der Waals surface area contributed by atoms with Crippen molar-refractivity contribution < 1.29 is 5.11 Å². The third-order valence-electron chi connectivity index (χ3n) is 2.18. The van der Waals surface area contributed by atoms with Gasteiger partial charge in [-0.3, -0.25) is 0 Å². The van der Waals surface area contributed by atoms with Crippen LogP contribution < -0.4 is 0 Å². The number of hydrogen-bond donors (Lipinski definition) is 1. The normalized spacial score (nSPS) is 11.5. The molecule has 1 aromatic carbocycles. The molecule has 0 saturated carbocycles. The van der Waals surface area contributed by atoms with Gasteiger partial charge in [0.15, 0.2) is 0 Å². The Morgan fingerprint density at radius 3 is 2.47 bits per heavy atom. The SMILES string of the molecule is CC.CCCC(O)Cc1cccc(C)c1. The summed E-state index contributed by atoms with van der Waals surface area (Å²) in [6.07, 6.45) is 2.56. The summed E-state index contributed by atoms with van der Waals surface area (Å²) in [4.78, 5) is 0. The topological polar surface area (TPSA) is 20.2 Å². The van der Waals surface area contributed by atoms with E-state index >= 15 is 0 Å². The molecule has 0 spiro atoms. The Bertz CT molecular complexity index is 255. The molecule has 0 heterocycles. The Balaban J connectivity index is 0.000000921. The molecule has 1 aromatic rings. The van der Waals surface area contributed by atoms with E-state index in [0.29, 0.717) is 0 Å². The van der Waals surface area contributed by atoms with E-state index < -0.39 is 0 Å². The second-order valence-corrected chi connectivity index (χ2v) is 3.64. The first-order valence-electron chi connectivity index (χ1n) is 5.96. The van der Waals surface area contributed by atoms with Crippen LogP contribution in [0.25, 0.3) is 0 Å². The quantitative estimate of drug-likeness (QED) is 0.799. The minimum absolute atomic E-state index is 0.174. The van der Waals surface area contributed by atoms with Gasteiger partial charge in [0.1, 0.15) is 0 Å². The Morgan fingerprint density at radius 2 is 1.93 bits per heavy atom. The standard InChI is InChI=1S/C12H18O.C2H6/c1-3-5-12(13)9-11-7-4-6-10(2)8-11;1-2/h4,6-8,12-13H,3,5,9H2,1-2H3;1-2H3. The average molecular weight is 208 g/mol. The molecule has 1 unspecified atom stereocenters. The maximum Gasteiger partial charge on any atom is 0.0580 e. The first kappa shape index (κ1) is 14.2. The van der Waals surface area contributed by atoms with Crippen molar-refractivity contribution in [3.05, 3.63) is 35.4 Å². The summed E-state index contributed by atoms with van der Waals surface area (Å²) >= 11 is 0. The number of aliphatic hydroxyl groups is 1. The molecule has 15 heavy (non-hydrogen) atoms. The summed E-state index contributed by atoms with van der Waals surface area (Å²) < 4.78 is 0. The second-order valence-electron chi connectivity index (χ2n) is 3.64. The lowest BCUT2D eigenvalue weighted by molar-refractivity contribution is 0.164. The Labute approximate surface area is 94.2 Å². The number of aryl methyl sites for hydroxylation is 1. The van der Waals surface area contributed by atoms with E-state index in [2.05, 4.69) is 32.0 Å². The molecular formula is C14H24O. The Hall–Kier alpha value is -0.820. The molecule has 0 aromatic heterocycles. The third-order valence-corrected chi connectivity index (χ3v) is 2.18. The van der Waals surface area contributed by atoms with Crippen LogP contribution >= 0.6 is 0 Å². The van der Waals surface area contributed by atoms with Gasteiger partial charge in [-0.15, -0.1) is 0 Å². The number of aliphatic hydroxyl groups excluding tert-OH is 1. The summed E-state index contributed by atoms with van der Waals surface area (Å²) in [6.45, 7) is 8.18. The highest BCUT2D eigenvalue weighted by atomic mass is 16.3. The molecule has 0 bridgehead atoms. The van der Waals surface area contributed by atoms with Gasteiger partial charge in [0, 0.05) is 0 Å². The monoisotopic (exact) mass is 208 g/mol. The van der Waals surface area contributed by atoms with Gasteiger partial charge in [0.05, 0.1) is 6.10 Å². The molecule has 1 atom stereocenters. The van der Waals surface area contributed by atoms with Crippen molar-refractivity contribution in [3.63, 3.8) is 0 Å². The smallest absolute Gasteiger partial charge is 0.0580 e. The van der Waals surface area contributed by atoms with Crippen LogP contribution in [0.1, 0.15) is 44.7 Å². The van der Waals surface area contributed by atoms with Crippen molar-refractivity contribution in [2.24, 2.45) is 0 Å². The number of benzene rings is 1. The summed E-state index contributed by atoms with van der Waals surface area (Å²) in [6, 6.07) is 8.34. The lowest BCUT2D eigenvalue weighted by Crippen LogP contribution is -2.09. The zero-order chi connectivity index (χ0) is 11.7. The van der Waals surface area contributed by atoms with Gasteiger partial charge < -0.3 is 5.11 Å². The molecule has 0 aliphatic carbocycles. The molecule has 0 saturated heterocycles. The molecule has 0 aliphatic heterocycles. The predicted octanol–water partition coefficient (Wildman–Crippen LogP) is 3.72. The van der Waals surface area contributed by atoms with Crippen molar-refractivity contribution >= 4 is 0 Å². The van der Waals surface area contributed by atoms with Gasteiger partial charge in [0.25, 0.3) is 0 Å². The molecule has 0 amide bonds. The highest BCUT2D eigenvalue weighted by Crippen LogP contribution is 2.09. The molecular weight excluding hydrogens is 184 g/mol. The van der Waals surface area contributed by atoms with Gasteiger partial charge >= 0.3 is 0 Å². The average Bonchev–Trinajstić information content (AvgIpc) is 2.21. The van der Waals surface area contributed by atoms with Crippen molar-refractivity contribution in [2.45, 2.75) is 53.1 Å². The minimum atomic E-state index is -0.174. The molecule has 0 radical (unpaired) electrons. The summed E-state index contributed by atoms with van der Waals surface area (Å²) in [5.74, 6) is 0. The predicted molar refractivity (Wildman–Crippen MR) is 67.1 cm³/mol. The van der Waals surface area contributed by atoms with E-state index in [1.165, 1.54) is 11.1 Å². The van der Waals surface area contributed by atoms with Crippen LogP contribution in [0.2, 0.25) is 0 Å². The third kappa shape index (κ3) is 6.29. The van der Waals surface area contributed by atoms with Crippen LogP contribution in [0.5, 0.6) is 0 Å². The highest BCUT2D eigenvalue weighted by molar-refractivity contribution is 5.22. The Kier molecular flexibility index (Phi) is 8.02. The summed E-state index contributed by atoms with van der Waals surface area (Å²) in [5, 5.41) is 9.59. The van der Waals surface area contributed by atoms with Crippen LogP contribution in [-0.2, 0) is 6.42 Å². The first-order valence-corrected chi connectivity index (χ1v) is 5.96. The number of hydrogen-bond acceptors (Lipinski definition) is 1. The maximum absolute atomic E-state index is 9.59. The van der Waals surface area contributed by atoms with Gasteiger partial charge in [-0.25, -0.2) is 0 Å². The molecule has 0 aliphatic rings.